The number of allylic oxidation sites excluding steroid dienone is 4. The molecule has 3 atom stereocenters. The van der Waals surface area contributed by atoms with E-state index in [2.05, 4.69) is 50.9 Å². The maximum absolute atomic E-state index is 9.46. The molecule has 0 heterocycles. The second kappa shape index (κ2) is 8.82. The Hall–Kier alpha value is -1.36. The first-order chi connectivity index (χ1) is 10.1. The van der Waals surface area contributed by atoms with Crippen molar-refractivity contribution in [2.24, 2.45) is 28.7 Å². The molecule has 1 rings (SSSR count). The topological polar surface area (TPSA) is 36.1 Å². The van der Waals surface area contributed by atoms with E-state index < -0.39 is 0 Å². The maximum atomic E-state index is 9.46. The number of hydrogen-bond acceptors (Lipinski definition) is 2. The van der Waals surface area contributed by atoms with E-state index in [0.717, 1.165) is 18.0 Å². The summed E-state index contributed by atoms with van der Waals surface area (Å²) in [5, 5.41) is 9.46. The van der Waals surface area contributed by atoms with Crippen LogP contribution in [0.3, 0.4) is 0 Å². The van der Waals surface area contributed by atoms with Crippen molar-refractivity contribution in [3.05, 3.63) is 23.3 Å². The fourth-order valence-corrected chi connectivity index (χ4v) is 3.52. The van der Waals surface area contributed by atoms with Gasteiger partial charge >= 0.3 is 0 Å². The quantitative estimate of drug-likeness (QED) is 0.619. The van der Waals surface area contributed by atoms with E-state index in [4.69, 9.17) is 0 Å². The fraction of sp³-hybridized carbons (Fsp3) is 0.684. The van der Waals surface area contributed by atoms with Crippen molar-refractivity contribution in [2.75, 3.05) is 6.54 Å². The van der Waals surface area contributed by atoms with Crippen LogP contribution >= 0.6 is 0 Å². The first kappa shape index (κ1) is 17.7. The summed E-state index contributed by atoms with van der Waals surface area (Å²) in [5.74, 6) is 2.13. The highest BCUT2D eigenvalue weighted by molar-refractivity contribution is 5.72. The van der Waals surface area contributed by atoms with Crippen LogP contribution in [0.1, 0.15) is 53.9 Å². The predicted octanol–water partition coefficient (Wildman–Crippen LogP) is 5.18. The Morgan fingerprint density at radius 2 is 2.10 bits per heavy atom. The number of nitriles is 1. The molecular formula is C19H30N2. The normalized spacial score (nSPS) is 27.0. The second-order valence-corrected chi connectivity index (χ2v) is 6.16. The molecule has 0 aromatic heterocycles. The molecule has 0 saturated carbocycles. The van der Waals surface area contributed by atoms with Crippen molar-refractivity contribution in [1.29, 1.82) is 5.26 Å². The van der Waals surface area contributed by atoms with Gasteiger partial charge in [-0.3, -0.25) is 4.99 Å². The fourth-order valence-electron chi connectivity index (χ4n) is 3.52. The van der Waals surface area contributed by atoms with Gasteiger partial charge in [0.25, 0.3) is 0 Å². The molecule has 0 saturated heterocycles. The molecule has 116 valence electrons. The molecule has 0 aromatic rings. The summed E-state index contributed by atoms with van der Waals surface area (Å²) in [6.07, 6.45) is 9.78. The van der Waals surface area contributed by atoms with E-state index in [1.165, 1.54) is 24.8 Å². The molecule has 0 aliphatic heterocycles. The highest BCUT2D eigenvalue weighted by Gasteiger charge is 2.33. The lowest BCUT2D eigenvalue weighted by atomic mass is 9.67. The van der Waals surface area contributed by atoms with Gasteiger partial charge in [0.05, 0.1) is 6.07 Å². The summed E-state index contributed by atoms with van der Waals surface area (Å²) in [6, 6.07) is 2.44. The third-order valence-corrected chi connectivity index (χ3v) is 5.03. The summed E-state index contributed by atoms with van der Waals surface area (Å²) in [6.45, 7) is 11.8. The summed E-state index contributed by atoms with van der Waals surface area (Å²) < 4.78 is 0. The van der Waals surface area contributed by atoms with Crippen LogP contribution in [0.4, 0.5) is 0 Å². The Balaban J connectivity index is 3.01. The molecular weight excluding hydrogens is 256 g/mol. The molecule has 1 aliphatic rings. The van der Waals surface area contributed by atoms with Gasteiger partial charge in [-0.15, -0.1) is 0 Å². The van der Waals surface area contributed by atoms with Crippen LogP contribution in [0.25, 0.3) is 0 Å². The van der Waals surface area contributed by atoms with E-state index in [0.29, 0.717) is 17.8 Å². The van der Waals surface area contributed by atoms with Crippen LogP contribution in [-0.2, 0) is 0 Å². The molecule has 2 heteroatoms. The van der Waals surface area contributed by atoms with Crippen LogP contribution in [0, 0.1) is 35.0 Å². The van der Waals surface area contributed by atoms with Gasteiger partial charge in [0.2, 0.25) is 0 Å². The molecule has 2 nitrogen and oxygen atoms in total. The third-order valence-electron chi connectivity index (χ3n) is 5.03. The van der Waals surface area contributed by atoms with Crippen LogP contribution in [0.2, 0.25) is 0 Å². The van der Waals surface area contributed by atoms with E-state index >= 15 is 0 Å². The first-order valence-electron chi connectivity index (χ1n) is 8.37. The van der Waals surface area contributed by atoms with Crippen LogP contribution < -0.4 is 0 Å². The van der Waals surface area contributed by atoms with Crippen molar-refractivity contribution < 1.29 is 0 Å². The van der Waals surface area contributed by atoms with Gasteiger partial charge in [-0.1, -0.05) is 45.3 Å². The van der Waals surface area contributed by atoms with E-state index in [9.17, 15) is 5.26 Å². The third kappa shape index (κ3) is 4.56. The highest BCUT2D eigenvalue weighted by Crippen LogP contribution is 2.42. The zero-order chi connectivity index (χ0) is 15.8. The molecule has 0 amide bonds. The van der Waals surface area contributed by atoms with Crippen molar-refractivity contribution in [1.82, 2.24) is 0 Å². The minimum absolute atomic E-state index is 0.393. The molecule has 1 aliphatic carbocycles. The standard InChI is InChI=1S/C19H30N2/c1-6-16(7-2)19-12-17(11-18(13-20)15(19)5)14(4)9-10-21-8-3/h9-11,15-17,19H,6-8,12H2,1-5H3/b14-9+,21-10?. The van der Waals surface area contributed by atoms with Gasteiger partial charge in [-0.2, -0.15) is 5.26 Å². The molecule has 0 N–H and O–H groups in total. The predicted molar refractivity (Wildman–Crippen MR) is 91.3 cm³/mol. The maximum Gasteiger partial charge on any atom is 0.0946 e. The van der Waals surface area contributed by atoms with Crippen LogP contribution in [-0.4, -0.2) is 12.8 Å². The average Bonchev–Trinajstić information content (AvgIpc) is 2.50. The zero-order valence-electron chi connectivity index (χ0n) is 14.3. The number of hydrogen-bond donors (Lipinski definition) is 0. The highest BCUT2D eigenvalue weighted by atomic mass is 14.7. The Morgan fingerprint density at radius 3 is 2.62 bits per heavy atom. The van der Waals surface area contributed by atoms with E-state index in [1.807, 2.05) is 13.1 Å². The van der Waals surface area contributed by atoms with Crippen molar-refractivity contribution in [3.8, 4) is 6.07 Å². The number of nitrogens with zero attached hydrogens (tertiary/aromatic N) is 2. The first-order valence-corrected chi connectivity index (χ1v) is 8.37. The van der Waals surface area contributed by atoms with Gasteiger partial charge in [0.15, 0.2) is 0 Å². The molecule has 3 unspecified atom stereocenters. The van der Waals surface area contributed by atoms with Gasteiger partial charge in [0, 0.05) is 18.3 Å². The van der Waals surface area contributed by atoms with Crippen LogP contribution in [0.5, 0.6) is 0 Å². The lowest BCUT2D eigenvalue weighted by Gasteiger charge is -2.37. The summed E-state index contributed by atoms with van der Waals surface area (Å²) in [7, 11) is 0. The second-order valence-electron chi connectivity index (χ2n) is 6.16. The van der Waals surface area contributed by atoms with Gasteiger partial charge in [-0.25, -0.2) is 0 Å². The Labute approximate surface area is 130 Å². The lowest BCUT2D eigenvalue weighted by molar-refractivity contribution is 0.212. The molecule has 0 fully saturated rings. The summed E-state index contributed by atoms with van der Waals surface area (Å²) in [4.78, 5) is 4.26. The number of rotatable bonds is 6. The Morgan fingerprint density at radius 1 is 1.43 bits per heavy atom. The zero-order valence-corrected chi connectivity index (χ0v) is 14.3. The lowest BCUT2D eigenvalue weighted by Crippen LogP contribution is -2.29. The SMILES string of the molecule is CCN=C/C=C(\C)C1C=C(C#N)C(C)C(C(CC)CC)C1. The average molecular weight is 286 g/mol. The van der Waals surface area contributed by atoms with Crippen molar-refractivity contribution >= 4 is 6.21 Å². The van der Waals surface area contributed by atoms with Gasteiger partial charge in [0.1, 0.15) is 0 Å². The largest absolute Gasteiger partial charge is 0.293 e. The molecule has 0 spiro atoms. The molecule has 0 bridgehead atoms. The van der Waals surface area contributed by atoms with Gasteiger partial charge < -0.3 is 0 Å². The summed E-state index contributed by atoms with van der Waals surface area (Å²) in [5.41, 5.74) is 2.30. The Bertz CT molecular complexity index is 447. The molecule has 21 heavy (non-hydrogen) atoms. The van der Waals surface area contributed by atoms with E-state index in [-0.39, 0.29) is 0 Å². The Kier molecular flexibility index (Phi) is 7.43. The molecule has 0 radical (unpaired) electrons. The smallest absolute Gasteiger partial charge is 0.0946 e. The molecule has 0 aromatic carbocycles. The van der Waals surface area contributed by atoms with Gasteiger partial charge in [-0.05, 0) is 50.0 Å². The van der Waals surface area contributed by atoms with Crippen molar-refractivity contribution in [3.63, 3.8) is 0 Å². The minimum Gasteiger partial charge on any atom is -0.293 e. The monoisotopic (exact) mass is 286 g/mol. The van der Waals surface area contributed by atoms with Crippen molar-refractivity contribution in [2.45, 2.75) is 53.9 Å². The minimum atomic E-state index is 0.393. The van der Waals surface area contributed by atoms with Crippen LogP contribution in [0.15, 0.2) is 28.3 Å². The van der Waals surface area contributed by atoms with E-state index in [1.54, 1.807) is 0 Å². The number of aliphatic imine (C=N–C) groups is 1. The summed E-state index contributed by atoms with van der Waals surface area (Å²) >= 11 is 0.